The normalized spacial score (nSPS) is 10.3. The Hall–Kier alpha value is -2.89. The summed E-state index contributed by atoms with van der Waals surface area (Å²) < 4.78 is 10.4. The number of aryl methyl sites for hydroxylation is 1. The van der Waals surface area contributed by atoms with Gasteiger partial charge in [0.25, 0.3) is 5.91 Å². The number of benzene rings is 1. The van der Waals surface area contributed by atoms with Crippen LogP contribution in [0.3, 0.4) is 0 Å². The third-order valence-corrected chi connectivity index (χ3v) is 4.15. The van der Waals surface area contributed by atoms with Crippen LogP contribution >= 0.6 is 0 Å². The topological polar surface area (TPSA) is 68.7 Å². The molecule has 0 bridgehead atoms. The molecule has 2 aromatic rings. The number of carbonyl (C=O) groups excluding carboxylic acids is 2. The molecule has 0 saturated carbocycles. The molecular weight excluding hydrogens is 332 g/mol. The Morgan fingerprint density at radius 1 is 1.12 bits per heavy atom. The van der Waals surface area contributed by atoms with E-state index in [1.807, 2.05) is 50.2 Å². The van der Waals surface area contributed by atoms with Crippen molar-refractivity contribution >= 4 is 11.9 Å². The monoisotopic (exact) mass is 356 g/mol. The van der Waals surface area contributed by atoms with Crippen LogP contribution in [0.15, 0.2) is 42.6 Å². The van der Waals surface area contributed by atoms with Crippen LogP contribution in [0, 0.1) is 13.8 Å². The number of pyridine rings is 1. The number of methoxy groups -OCH3 is 1. The third kappa shape index (κ3) is 5.58. The van der Waals surface area contributed by atoms with Gasteiger partial charge in [-0.05, 0) is 43.2 Å². The van der Waals surface area contributed by atoms with Gasteiger partial charge in [0.15, 0.2) is 6.61 Å². The summed E-state index contributed by atoms with van der Waals surface area (Å²) in [6.45, 7) is 4.41. The van der Waals surface area contributed by atoms with Gasteiger partial charge in [-0.15, -0.1) is 0 Å². The first-order chi connectivity index (χ1) is 12.5. The van der Waals surface area contributed by atoms with Gasteiger partial charge in [-0.2, -0.15) is 0 Å². The molecule has 1 aromatic carbocycles. The van der Waals surface area contributed by atoms with Gasteiger partial charge in [-0.1, -0.05) is 18.2 Å². The first kappa shape index (κ1) is 19.4. The zero-order chi connectivity index (χ0) is 18.9. The highest BCUT2D eigenvalue weighted by Gasteiger charge is 2.17. The molecule has 2 rings (SSSR count). The summed E-state index contributed by atoms with van der Waals surface area (Å²) >= 11 is 0. The van der Waals surface area contributed by atoms with Gasteiger partial charge in [0.1, 0.15) is 5.75 Å². The summed E-state index contributed by atoms with van der Waals surface area (Å²) in [6.07, 6.45) is 1.80. The van der Waals surface area contributed by atoms with Crippen molar-refractivity contribution in [3.8, 4) is 5.75 Å². The van der Waals surface area contributed by atoms with Crippen LogP contribution in [0.1, 0.15) is 23.2 Å². The number of amides is 1. The van der Waals surface area contributed by atoms with Gasteiger partial charge in [-0.3, -0.25) is 14.6 Å². The van der Waals surface area contributed by atoms with Gasteiger partial charge in [0.2, 0.25) is 0 Å². The molecule has 26 heavy (non-hydrogen) atoms. The second kappa shape index (κ2) is 9.56. The van der Waals surface area contributed by atoms with E-state index >= 15 is 0 Å². The Kier molecular flexibility index (Phi) is 7.14. The molecule has 0 aliphatic rings. The van der Waals surface area contributed by atoms with Crippen molar-refractivity contribution in [2.24, 2.45) is 0 Å². The van der Waals surface area contributed by atoms with Gasteiger partial charge < -0.3 is 14.4 Å². The second-order valence-electron chi connectivity index (χ2n) is 5.95. The molecule has 0 saturated heterocycles. The van der Waals surface area contributed by atoms with E-state index in [4.69, 9.17) is 4.74 Å². The van der Waals surface area contributed by atoms with Crippen LogP contribution in [0.25, 0.3) is 0 Å². The van der Waals surface area contributed by atoms with E-state index in [1.54, 1.807) is 11.1 Å². The van der Waals surface area contributed by atoms with E-state index in [1.165, 1.54) is 7.11 Å². The minimum Gasteiger partial charge on any atom is -0.483 e. The number of nitrogens with zero attached hydrogens (tertiary/aromatic N) is 2. The predicted octanol–water partition coefficient (Wildman–Crippen LogP) is 2.67. The minimum atomic E-state index is -0.362. The van der Waals surface area contributed by atoms with E-state index in [9.17, 15) is 9.59 Å². The zero-order valence-electron chi connectivity index (χ0n) is 15.4. The molecule has 0 unspecified atom stereocenters. The summed E-state index contributed by atoms with van der Waals surface area (Å²) in [6, 6.07) is 11.2. The van der Waals surface area contributed by atoms with Crippen molar-refractivity contribution in [1.82, 2.24) is 9.88 Å². The highest BCUT2D eigenvalue weighted by atomic mass is 16.5. The fraction of sp³-hybridized carbons (Fsp3) is 0.350. The predicted molar refractivity (Wildman–Crippen MR) is 97.7 cm³/mol. The van der Waals surface area contributed by atoms with Crippen LogP contribution in [0.2, 0.25) is 0 Å². The van der Waals surface area contributed by atoms with Crippen molar-refractivity contribution in [2.75, 3.05) is 20.3 Å². The largest absolute Gasteiger partial charge is 0.483 e. The number of hydrogen-bond donors (Lipinski definition) is 0. The maximum Gasteiger partial charge on any atom is 0.307 e. The molecule has 0 aliphatic heterocycles. The van der Waals surface area contributed by atoms with Crippen LogP contribution in [0.4, 0.5) is 0 Å². The van der Waals surface area contributed by atoms with E-state index in [2.05, 4.69) is 9.72 Å². The molecular formula is C20H24N2O4. The second-order valence-corrected chi connectivity index (χ2v) is 5.95. The molecule has 1 aromatic heterocycles. The molecule has 0 fully saturated rings. The number of carbonyl (C=O) groups is 2. The summed E-state index contributed by atoms with van der Waals surface area (Å²) in [5.74, 6) is 0.115. The standard InChI is InChI=1S/C20H24N2O4/c1-15-7-6-9-18(16(15)2)26-14-19(23)22(12-10-20(24)25-3)13-17-8-4-5-11-21-17/h4-9,11H,10,12-14H2,1-3H3. The fourth-order valence-electron chi connectivity index (χ4n) is 2.42. The van der Waals surface area contributed by atoms with Crippen molar-refractivity contribution in [3.05, 3.63) is 59.4 Å². The smallest absolute Gasteiger partial charge is 0.307 e. The molecule has 0 radical (unpaired) electrons. The molecule has 1 heterocycles. The third-order valence-electron chi connectivity index (χ3n) is 4.15. The maximum absolute atomic E-state index is 12.6. The average Bonchev–Trinajstić information content (AvgIpc) is 2.66. The van der Waals surface area contributed by atoms with Crippen LogP contribution in [-0.2, 0) is 20.9 Å². The molecule has 138 valence electrons. The molecule has 6 heteroatoms. The number of esters is 1. The first-order valence-corrected chi connectivity index (χ1v) is 8.44. The lowest BCUT2D eigenvalue weighted by Crippen LogP contribution is -2.36. The lowest BCUT2D eigenvalue weighted by molar-refractivity contribution is -0.142. The molecule has 1 amide bonds. The molecule has 0 spiro atoms. The van der Waals surface area contributed by atoms with Crippen LogP contribution in [0.5, 0.6) is 5.75 Å². The Balaban J connectivity index is 2.03. The van der Waals surface area contributed by atoms with Gasteiger partial charge in [0, 0.05) is 12.7 Å². The first-order valence-electron chi connectivity index (χ1n) is 8.44. The summed E-state index contributed by atoms with van der Waals surface area (Å²) in [5.41, 5.74) is 2.86. The summed E-state index contributed by atoms with van der Waals surface area (Å²) in [7, 11) is 1.33. The lowest BCUT2D eigenvalue weighted by atomic mass is 10.1. The highest BCUT2D eigenvalue weighted by Crippen LogP contribution is 2.20. The van der Waals surface area contributed by atoms with Crippen LogP contribution in [-0.4, -0.2) is 42.0 Å². The minimum absolute atomic E-state index is 0.0989. The van der Waals surface area contributed by atoms with E-state index < -0.39 is 0 Å². The van der Waals surface area contributed by atoms with Gasteiger partial charge in [0.05, 0.1) is 25.8 Å². The van der Waals surface area contributed by atoms with E-state index in [0.29, 0.717) is 12.3 Å². The highest BCUT2D eigenvalue weighted by molar-refractivity contribution is 5.78. The van der Waals surface area contributed by atoms with Crippen molar-refractivity contribution in [1.29, 1.82) is 0 Å². The molecule has 0 aliphatic carbocycles. The molecule has 0 atom stereocenters. The lowest BCUT2D eigenvalue weighted by Gasteiger charge is -2.22. The number of aromatic nitrogens is 1. The maximum atomic E-state index is 12.6. The Labute approximate surface area is 153 Å². The molecule has 0 N–H and O–H groups in total. The SMILES string of the molecule is COC(=O)CCN(Cc1ccccn1)C(=O)COc1cccc(C)c1C. The summed E-state index contributed by atoms with van der Waals surface area (Å²) in [5, 5.41) is 0. The Morgan fingerprint density at radius 3 is 2.62 bits per heavy atom. The van der Waals surface area contributed by atoms with Crippen molar-refractivity contribution in [3.63, 3.8) is 0 Å². The summed E-state index contributed by atoms with van der Waals surface area (Å²) in [4.78, 5) is 29.9. The Morgan fingerprint density at radius 2 is 1.92 bits per heavy atom. The number of ether oxygens (including phenoxy) is 2. The van der Waals surface area contributed by atoms with Gasteiger partial charge in [-0.25, -0.2) is 0 Å². The Bertz CT molecular complexity index is 747. The number of rotatable bonds is 8. The number of hydrogen-bond acceptors (Lipinski definition) is 5. The van der Waals surface area contributed by atoms with Crippen LogP contribution < -0.4 is 4.74 Å². The van der Waals surface area contributed by atoms with E-state index in [-0.39, 0.29) is 31.4 Å². The molecule has 6 nitrogen and oxygen atoms in total. The average molecular weight is 356 g/mol. The zero-order valence-corrected chi connectivity index (χ0v) is 15.4. The van der Waals surface area contributed by atoms with E-state index in [0.717, 1.165) is 16.8 Å². The fourth-order valence-corrected chi connectivity index (χ4v) is 2.42. The van der Waals surface area contributed by atoms with Crippen molar-refractivity contribution < 1.29 is 19.1 Å². The quantitative estimate of drug-likeness (QED) is 0.680. The van der Waals surface area contributed by atoms with Gasteiger partial charge >= 0.3 is 5.97 Å². The van der Waals surface area contributed by atoms with Crippen molar-refractivity contribution in [2.45, 2.75) is 26.8 Å².